The molecule has 0 aliphatic heterocycles. The molecule has 0 saturated carbocycles. The Morgan fingerprint density at radius 1 is 0.833 bits per heavy atom. The van der Waals surface area contributed by atoms with Crippen LogP contribution in [-0.2, 0) is 8.86 Å². The van der Waals surface area contributed by atoms with Crippen LogP contribution in [0.1, 0.15) is 0 Å². The van der Waals surface area contributed by atoms with Crippen LogP contribution < -0.4 is 0 Å². The summed E-state index contributed by atoms with van der Waals surface area (Å²) in [5.41, 5.74) is -9.83. The molecule has 0 saturated heterocycles. The molecule has 10 heteroatoms. The van der Waals surface area contributed by atoms with Crippen LogP contribution in [0.5, 0.6) is 0 Å². The average molecular weight is 250 g/mol. The van der Waals surface area contributed by atoms with Gasteiger partial charge < -0.3 is 0 Å². The normalized spacial score (nSPS) is 13.9. The SMILES string of the molecule is O=S(SC(F)(F)F)SC(F)(F)F. The van der Waals surface area contributed by atoms with E-state index < -0.39 is 41.5 Å². The van der Waals surface area contributed by atoms with E-state index in [9.17, 15) is 30.6 Å². The summed E-state index contributed by atoms with van der Waals surface area (Å²) >= 11 is 0. The predicted octanol–water partition coefficient (Wildman–Crippen LogP) is 3.07. The number of halogens is 6. The second-order valence-corrected chi connectivity index (χ2v) is 6.38. The maximum absolute atomic E-state index is 11.3. The van der Waals surface area contributed by atoms with Gasteiger partial charge in [0.1, 0.15) is 0 Å². The molecule has 0 rings (SSSR count). The summed E-state index contributed by atoms with van der Waals surface area (Å²) < 4.78 is 77.7. The second-order valence-electron chi connectivity index (χ2n) is 1.26. The molecule has 0 heterocycles. The lowest BCUT2D eigenvalue weighted by Crippen LogP contribution is -2.05. The van der Waals surface area contributed by atoms with Crippen molar-refractivity contribution in [3.63, 3.8) is 0 Å². The zero-order chi connectivity index (χ0) is 9.99. The van der Waals surface area contributed by atoms with E-state index in [2.05, 4.69) is 0 Å². The van der Waals surface area contributed by atoms with Crippen LogP contribution in [0.4, 0.5) is 26.3 Å². The van der Waals surface area contributed by atoms with Crippen molar-refractivity contribution in [2.24, 2.45) is 0 Å². The molecule has 0 N–H and O–H groups in total. The van der Waals surface area contributed by atoms with Gasteiger partial charge in [0, 0.05) is 0 Å². The molecule has 0 bridgehead atoms. The van der Waals surface area contributed by atoms with Crippen LogP contribution in [-0.4, -0.2) is 15.2 Å². The number of alkyl halides is 6. The summed E-state index contributed by atoms with van der Waals surface area (Å²) in [7, 11) is -5.48. The van der Waals surface area contributed by atoms with Gasteiger partial charge in [0.25, 0.3) is 0 Å². The van der Waals surface area contributed by atoms with Gasteiger partial charge in [-0.05, 0) is 0 Å². The van der Waals surface area contributed by atoms with Crippen molar-refractivity contribution in [2.75, 3.05) is 0 Å². The Hall–Kier alpha value is 0.430. The van der Waals surface area contributed by atoms with Crippen molar-refractivity contribution in [1.29, 1.82) is 0 Å². The van der Waals surface area contributed by atoms with Crippen LogP contribution in [0.15, 0.2) is 0 Å². The summed E-state index contributed by atoms with van der Waals surface area (Å²) in [6.07, 6.45) is 0. The smallest absolute Gasteiger partial charge is 0.235 e. The van der Waals surface area contributed by atoms with Gasteiger partial charge in [0.15, 0.2) is 8.86 Å². The maximum Gasteiger partial charge on any atom is 0.455 e. The number of hydrogen-bond acceptors (Lipinski definition) is 3. The Bertz CT molecular complexity index is 153. The molecule has 0 atom stereocenters. The molecule has 74 valence electrons. The largest absolute Gasteiger partial charge is 0.455 e. The van der Waals surface area contributed by atoms with E-state index in [0.29, 0.717) is 0 Å². The molecule has 0 amide bonds. The highest BCUT2D eigenvalue weighted by Gasteiger charge is 2.39. The van der Waals surface area contributed by atoms with Crippen LogP contribution in [0.25, 0.3) is 0 Å². The van der Waals surface area contributed by atoms with E-state index in [1.165, 1.54) is 0 Å². The molecule has 1 nitrogen and oxygen atoms in total. The lowest BCUT2D eigenvalue weighted by molar-refractivity contribution is -0.0313. The number of rotatable bonds is 2. The van der Waals surface area contributed by atoms with Crippen LogP contribution in [0.2, 0.25) is 0 Å². The highest BCUT2D eigenvalue weighted by molar-refractivity contribution is 9.02. The van der Waals surface area contributed by atoms with Gasteiger partial charge in [-0.15, -0.1) is 0 Å². The van der Waals surface area contributed by atoms with Crippen molar-refractivity contribution in [3.8, 4) is 0 Å². The monoisotopic (exact) mass is 250 g/mol. The fourth-order valence-electron chi connectivity index (χ4n) is 0.171. The summed E-state index contributed by atoms with van der Waals surface area (Å²) in [6.45, 7) is 0. The van der Waals surface area contributed by atoms with Crippen molar-refractivity contribution in [3.05, 3.63) is 0 Å². The van der Waals surface area contributed by atoms with E-state index in [-0.39, 0.29) is 0 Å². The van der Waals surface area contributed by atoms with Crippen molar-refractivity contribution in [1.82, 2.24) is 0 Å². The van der Waals surface area contributed by atoms with Crippen molar-refractivity contribution in [2.45, 2.75) is 11.0 Å². The molecular weight excluding hydrogens is 250 g/mol. The van der Waals surface area contributed by atoms with Crippen molar-refractivity contribution < 1.29 is 30.6 Å². The van der Waals surface area contributed by atoms with Gasteiger partial charge in [0.2, 0.25) is 0 Å². The molecule has 12 heavy (non-hydrogen) atoms. The Kier molecular flexibility index (Phi) is 4.24. The lowest BCUT2D eigenvalue weighted by atomic mass is 11.6. The van der Waals surface area contributed by atoms with E-state index >= 15 is 0 Å². The highest BCUT2D eigenvalue weighted by Crippen LogP contribution is 2.43. The summed E-state index contributed by atoms with van der Waals surface area (Å²) in [4.78, 5) is 0. The fourth-order valence-corrected chi connectivity index (χ4v) is 3.24. The van der Waals surface area contributed by atoms with Gasteiger partial charge in [0.05, 0.1) is 21.6 Å². The summed E-state index contributed by atoms with van der Waals surface area (Å²) in [6, 6.07) is 0. The third-order valence-electron chi connectivity index (χ3n) is 0.325. The zero-order valence-electron chi connectivity index (χ0n) is 4.90. The molecule has 0 aromatic heterocycles. The fraction of sp³-hybridized carbons (Fsp3) is 1.00. The van der Waals surface area contributed by atoms with Crippen LogP contribution >= 0.6 is 21.6 Å². The summed E-state index contributed by atoms with van der Waals surface area (Å²) in [5.74, 6) is 0. The van der Waals surface area contributed by atoms with E-state index in [1.54, 1.807) is 0 Å². The molecule has 0 aromatic rings. The molecule has 0 fully saturated rings. The number of hydrogen-bond donors (Lipinski definition) is 0. The minimum Gasteiger partial charge on any atom is -0.235 e. The molecular formula is C2F6OS3. The molecule has 0 aliphatic rings. The lowest BCUT2D eigenvalue weighted by Gasteiger charge is -2.05. The maximum atomic E-state index is 11.3. The first-order valence-corrected chi connectivity index (χ1v) is 5.86. The quantitative estimate of drug-likeness (QED) is 0.554. The molecule has 0 aromatic carbocycles. The minimum absolute atomic E-state index is 1.20. The van der Waals surface area contributed by atoms with Gasteiger partial charge in [-0.3, -0.25) is 0 Å². The van der Waals surface area contributed by atoms with E-state index in [4.69, 9.17) is 0 Å². The Labute approximate surface area is 72.5 Å². The van der Waals surface area contributed by atoms with Gasteiger partial charge >= 0.3 is 11.0 Å². The Morgan fingerprint density at radius 2 is 1.08 bits per heavy atom. The third-order valence-corrected chi connectivity index (χ3v) is 4.15. The van der Waals surface area contributed by atoms with E-state index in [1.807, 2.05) is 0 Å². The van der Waals surface area contributed by atoms with Crippen LogP contribution in [0, 0.1) is 0 Å². The average Bonchev–Trinajstić information content (AvgIpc) is 1.49. The minimum atomic E-state index is -4.91. The van der Waals surface area contributed by atoms with Gasteiger partial charge in [-0.2, -0.15) is 26.3 Å². The van der Waals surface area contributed by atoms with Gasteiger partial charge in [-0.1, -0.05) is 0 Å². The summed E-state index contributed by atoms with van der Waals surface area (Å²) in [5, 5.41) is 0. The Morgan fingerprint density at radius 3 is 1.25 bits per heavy atom. The standard InChI is InChI=1S/C2F6OS3/c3-1(4,5)10-12(9)11-2(6,7)8. The van der Waals surface area contributed by atoms with E-state index in [0.717, 1.165) is 0 Å². The van der Waals surface area contributed by atoms with Crippen LogP contribution in [0.3, 0.4) is 0 Å². The predicted molar refractivity (Wildman–Crippen MR) is 35.4 cm³/mol. The first kappa shape index (κ1) is 12.4. The second kappa shape index (κ2) is 4.09. The van der Waals surface area contributed by atoms with Crippen molar-refractivity contribution >= 4 is 30.5 Å². The van der Waals surface area contributed by atoms with Gasteiger partial charge in [-0.25, -0.2) is 4.21 Å². The first-order chi connectivity index (χ1) is 5.10. The molecule has 0 unspecified atom stereocenters. The zero-order valence-corrected chi connectivity index (χ0v) is 7.35. The highest BCUT2D eigenvalue weighted by atomic mass is 33.5. The Balaban J connectivity index is 3.92. The molecule has 0 radical (unpaired) electrons. The molecule has 0 aliphatic carbocycles. The first-order valence-electron chi connectivity index (χ1n) is 2.04. The molecule has 0 spiro atoms. The third kappa shape index (κ3) is 8.53. The topological polar surface area (TPSA) is 17.1 Å².